The van der Waals surface area contributed by atoms with Crippen LogP contribution in [0.1, 0.15) is 37.3 Å². The van der Waals surface area contributed by atoms with Gasteiger partial charge in [-0.05, 0) is 64.0 Å². The van der Waals surface area contributed by atoms with Gasteiger partial charge in [0.1, 0.15) is 22.4 Å². The number of nitrogen functional groups attached to an aromatic ring is 1. The summed E-state index contributed by atoms with van der Waals surface area (Å²) in [7, 11) is 2.08. The Morgan fingerprint density at radius 2 is 1.74 bits per heavy atom. The summed E-state index contributed by atoms with van der Waals surface area (Å²) in [4.78, 5) is 30.2. The van der Waals surface area contributed by atoms with E-state index in [1.807, 2.05) is 9.58 Å². The average molecular weight is 540 g/mol. The largest absolute Gasteiger partial charge is 0.419 e. The van der Waals surface area contributed by atoms with Crippen molar-refractivity contribution >= 4 is 33.8 Å². The first kappa shape index (κ1) is 25.4. The molecule has 2 N–H and O–H groups in total. The number of nitrogens with zero attached hydrogens (tertiary/aromatic N) is 8. The van der Waals surface area contributed by atoms with Gasteiger partial charge in [-0.3, -0.25) is 9.78 Å². The highest BCUT2D eigenvalue weighted by molar-refractivity contribution is 5.99. The number of likely N-dealkylation sites (tertiary alicyclic amines) is 2. The van der Waals surface area contributed by atoms with Gasteiger partial charge in [-0.25, -0.2) is 14.6 Å². The number of fused-ring (bicyclic) bond motifs is 3. The lowest BCUT2D eigenvalue weighted by Crippen LogP contribution is -2.45. The van der Waals surface area contributed by atoms with E-state index in [4.69, 9.17) is 5.73 Å². The van der Waals surface area contributed by atoms with Gasteiger partial charge in [0.05, 0.1) is 29.0 Å². The van der Waals surface area contributed by atoms with Gasteiger partial charge in [-0.1, -0.05) is 5.21 Å². The molecule has 6 rings (SSSR count). The highest BCUT2D eigenvalue weighted by Crippen LogP contribution is 2.36. The Morgan fingerprint density at radius 3 is 2.46 bits per heavy atom. The van der Waals surface area contributed by atoms with Crippen LogP contribution in [0, 0.1) is 5.92 Å². The Kier molecular flexibility index (Phi) is 6.32. The number of halogens is 3. The zero-order valence-corrected chi connectivity index (χ0v) is 21.4. The number of aromatic nitrogens is 6. The third kappa shape index (κ3) is 4.75. The van der Waals surface area contributed by atoms with Gasteiger partial charge in [0, 0.05) is 30.8 Å². The normalized spacial score (nSPS) is 18.3. The van der Waals surface area contributed by atoms with E-state index < -0.39 is 17.6 Å². The second-order valence-electron chi connectivity index (χ2n) is 10.4. The summed E-state index contributed by atoms with van der Waals surface area (Å²) in [6.45, 7) is 3.15. The van der Waals surface area contributed by atoms with Crippen LogP contribution in [0.3, 0.4) is 0 Å². The molecule has 0 spiro atoms. The molecule has 0 bridgehead atoms. The van der Waals surface area contributed by atoms with E-state index >= 15 is 0 Å². The van der Waals surface area contributed by atoms with Crippen LogP contribution < -0.4 is 5.73 Å². The highest BCUT2D eigenvalue weighted by atomic mass is 19.4. The van der Waals surface area contributed by atoms with Crippen LogP contribution in [0.5, 0.6) is 0 Å². The van der Waals surface area contributed by atoms with Gasteiger partial charge >= 0.3 is 6.18 Å². The number of hydrogen-bond donors (Lipinski definition) is 1. The molecule has 0 aliphatic carbocycles. The molecule has 39 heavy (non-hydrogen) atoms. The molecule has 0 saturated carbocycles. The monoisotopic (exact) mass is 539 g/mol. The van der Waals surface area contributed by atoms with Crippen molar-refractivity contribution in [2.45, 2.75) is 37.9 Å². The van der Waals surface area contributed by atoms with E-state index in [0.29, 0.717) is 40.9 Å². The van der Waals surface area contributed by atoms with Crippen molar-refractivity contribution in [3.63, 3.8) is 0 Å². The zero-order valence-electron chi connectivity index (χ0n) is 21.4. The van der Waals surface area contributed by atoms with Crippen molar-refractivity contribution in [3.05, 3.63) is 36.2 Å². The first-order chi connectivity index (χ1) is 18.7. The molecule has 4 aromatic rings. The number of hydrogen-bond acceptors (Lipinski definition) is 8. The first-order valence-electron chi connectivity index (χ1n) is 13.0. The van der Waals surface area contributed by atoms with Gasteiger partial charge in [-0.15, -0.1) is 5.10 Å². The Balaban J connectivity index is 1.29. The lowest BCUT2D eigenvalue weighted by Gasteiger charge is -2.36. The first-order valence-corrected chi connectivity index (χ1v) is 13.0. The number of carbonyl (C=O) groups is 1. The summed E-state index contributed by atoms with van der Waals surface area (Å²) < 4.78 is 42.1. The number of alkyl halides is 3. The van der Waals surface area contributed by atoms with Gasteiger partial charge in [-0.2, -0.15) is 13.2 Å². The van der Waals surface area contributed by atoms with Gasteiger partial charge in [0.25, 0.3) is 0 Å². The molecule has 4 aromatic heterocycles. The Labute approximate surface area is 222 Å². The molecule has 13 heteroatoms. The molecule has 0 radical (unpaired) electrons. The topological polar surface area (TPSA) is 119 Å². The third-order valence-corrected chi connectivity index (χ3v) is 7.85. The molecule has 10 nitrogen and oxygen atoms in total. The molecule has 2 aliphatic heterocycles. The highest BCUT2D eigenvalue weighted by Gasteiger charge is 2.34. The number of anilines is 1. The van der Waals surface area contributed by atoms with Gasteiger partial charge in [0.2, 0.25) is 5.91 Å². The van der Waals surface area contributed by atoms with Crippen molar-refractivity contribution in [1.29, 1.82) is 0 Å². The minimum atomic E-state index is -4.63. The number of pyridine rings is 3. The number of rotatable bonds is 3. The fraction of sp³-hybridized carbons (Fsp3) is 0.462. The summed E-state index contributed by atoms with van der Waals surface area (Å²) in [5.41, 5.74) is 7.24. The van der Waals surface area contributed by atoms with Crippen LogP contribution >= 0.6 is 0 Å². The summed E-state index contributed by atoms with van der Waals surface area (Å²) in [5, 5.41) is 8.68. The Bertz CT molecular complexity index is 1540. The molecule has 2 aliphatic rings. The standard InChI is InChI=1S/C26H28F3N9O/c1-36-8-4-15(5-9-36)25(39)37-10-6-17(7-11-37)38-23-21(34-35-38)14-31-20-3-2-19(33-22(20)23)16-12-18(26(27,28)29)24(30)32-13-16/h2-3,12-15,17H,4-11H2,1H3,(H2,30,32). The molecule has 0 aromatic carbocycles. The van der Waals surface area contributed by atoms with E-state index in [9.17, 15) is 18.0 Å². The predicted molar refractivity (Wildman–Crippen MR) is 138 cm³/mol. The van der Waals surface area contributed by atoms with Crippen LogP contribution in [0.25, 0.3) is 33.3 Å². The molecule has 204 valence electrons. The molecule has 2 saturated heterocycles. The van der Waals surface area contributed by atoms with Crippen molar-refractivity contribution in [2.75, 3.05) is 39.0 Å². The minimum absolute atomic E-state index is 0.00242. The second-order valence-corrected chi connectivity index (χ2v) is 10.4. The van der Waals surface area contributed by atoms with Crippen LogP contribution in [0.15, 0.2) is 30.6 Å². The third-order valence-electron chi connectivity index (χ3n) is 7.85. The molecular formula is C26H28F3N9O. The lowest BCUT2D eigenvalue weighted by molar-refractivity contribution is -0.138. The van der Waals surface area contributed by atoms with Crippen molar-refractivity contribution in [1.82, 2.24) is 39.7 Å². The van der Waals surface area contributed by atoms with Gasteiger partial charge in [0.15, 0.2) is 0 Å². The number of piperidine rings is 2. The molecule has 0 unspecified atom stereocenters. The van der Waals surface area contributed by atoms with Crippen LogP contribution in [0.4, 0.5) is 19.0 Å². The molecule has 0 atom stereocenters. The number of nitrogens with two attached hydrogens (primary N) is 1. The molecule has 6 heterocycles. The molecule has 1 amide bonds. The maximum absolute atomic E-state index is 13.4. The summed E-state index contributed by atoms with van der Waals surface area (Å²) in [5.74, 6) is -0.261. The molecular weight excluding hydrogens is 511 g/mol. The van der Waals surface area contributed by atoms with E-state index in [1.54, 1.807) is 18.3 Å². The number of amides is 1. The van der Waals surface area contributed by atoms with Crippen LogP contribution in [0.2, 0.25) is 0 Å². The van der Waals surface area contributed by atoms with Crippen LogP contribution in [-0.2, 0) is 11.0 Å². The van der Waals surface area contributed by atoms with Crippen molar-refractivity contribution in [3.8, 4) is 11.3 Å². The Morgan fingerprint density at radius 1 is 1.00 bits per heavy atom. The SMILES string of the molecule is CN1CCC(C(=O)N2CCC(n3nnc4cnc5ccc(-c6cnc(N)c(C(F)(F)F)c6)nc5c43)CC2)CC1. The minimum Gasteiger partial charge on any atom is -0.383 e. The fourth-order valence-electron chi connectivity index (χ4n) is 5.59. The van der Waals surface area contributed by atoms with Crippen molar-refractivity contribution < 1.29 is 18.0 Å². The van der Waals surface area contributed by atoms with Crippen LogP contribution in [-0.4, -0.2) is 78.9 Å². The van der Waals surface area contributed by atoms with E-state index in [1.165, 1.54) is 6.20 Å². The van der Waals surface area contributed by atoms with Gasteiger partial charge < -0.3 is 15.5 Å². The second kappa shape index (κ2) is 9.70. The molecule has 2 fully saturated rings. The maximum Gasteiger partial charge on any atom is 0.419 e. The lowest BCUT2D eigenvalue weighted by atomic mass is 9.94. The van der Waals surface area contributed by atoms with E-state index in [-0.39, 0.29) is 23.4 Å². The zero-order chi connectivity index (χ0) is 27.3. The predicted octanol–water partition coefficient (Wildman–Crippen LogP) is 3.54. The summed E-state index contributed by atoms with van der Waals surface area (Å²) in [6, 6.07) is 4.27. The maximum atomic E-state index is 13.4. The van der Waals surface area contributed by atoms with Crippen molar-refractivity contribution in [2.24, 2.45) is 5.92 Å². The Hall–Kier alpha value is -3.87. The average Bonchev–Trinajstić information content (AvgIpc) is 3.37. The number of carbonyl (C=O) groups excluding carboxylic acids is 1. The van der Waals surface area contributed by atoms with E-state index in [0.717, 1.165) is 44.8 Å². The fourth-order valence-corrected chi connectivity index (χ4v) is 5.59. The smallest absolute Gasteiger partial charge is 0.383 e. The van der Waals surface area contributed by atoms with E-state index in [2.05, 4.69) is 37.2 Å². The summed E-state index contributed by atoms with van der Waals surface area (Å²) >= 11 is 0. The summed E-state index contributed by atoms with van der Waals surface area (Å²) in [6.07, 6.45) is 1.49. The quantitative estimate of drug-likeness (QED) is 0.420.